The molecule has 0 saturated carbocycles. The fraction of sp³-hybridized carbons (Fsp3) is 0.0556. The van der Waals surface area contributed by atoms with Gasteiger partial charge in [-0.25, -0.2) is 9.37 Å². The molecule has 28 heavy (non-hydrogen) atoms. The number of pyridine rings is 2. The highest BCUT2D eigenvalue weighted by Crippen LogP contribution is 2.32. The van der Waals surface area contributed by atoms with Gasteiger partial charge < -0.3 is 16.4 Å². The van der Waals surface area contributed by atoms with Crippen molar-refractivity contribution in [3.8, 4) is 0 Å². The maximum atomic E-state index is 14.3. The molecule has 1 aromatic carbocycles. The Bertz CT molecular complexity index is 1010. The maximum Gasteiger partial charge on any atom is 0.416 e. The first kappa shape index (κ1) is 19.1. The Balaban J connectivity index is 1.99. The summed E-state index contributed by atoms with van der Waals surface area (Å²) < 4.78 is 53.0. The van der Waals surface area contributed by atoms with Crippen molar-refractivity contribution in [1.82, 2.24) is 9.97 Å². The molecule has 3 rings (SSSR count). The van der Waals surface area contributed by atoms with Crippen molar-refractivity contribution in [2.45, 2.75) is 6.18 Å². The van der Waals surface area contributed by atoms with Crippen LogP contribution in [-0.4, -0.2) is 15.9 Å². The fourth-order valence-corrected chi connectivity index (χ4v) is 2.34. The van der Waals surface area contributed by atoms with E-state index in [1.807, 2.05) is 0 Å². The largest absolute Gasteiger partial charge is 0.416 e. The normalized spacial score (nSPS) is 11.1. The molecular weight excluding hydrogens is 378 g/mol. The topological polar surface area (TPSA) is 92.9 Å². The molecule has 144 valence electrons. The van der Waals surface area contributed by atoms with E-state index in [-0.39, 0.29) is 22.9 Å². The lowest BCUT2D eigenvalue weighted by Crippen LogP contribution is -2.16. The van der Waals surface area contributed by atoms with Gasteiger partial charge in [0, 0.05) is 11.9 Å². The van der Waals surface area contributed by atoms with Crippen molar-refractivity contribution in [3.05, 3.63) is 71.8 Å². The number of aromatic nitrogens is 2. The molecule has 0 atom stereocenters. The second-order valence-electron chi connectivity index (χ2n) is 5.65. The zero-order chi connectivity index (χ0) is 20.3. The van der Waals surface area contributed by atoms with Crippen LogP contribution in [0.3, 0.4) is 0 Å². The predicted octanol–water partition coefficient (Wildman–Crippen LogP) is 4.22. The number of halogens is 4. The van der Waals surface area contributed by atoms with Gasteiger partial charge in [-0.15, -0.1) is 0 Å². The minimum atomic E-state index is -4.55. The number of benzene rings is 1. The van der Waals surface area contributed by atoms with Crippen molar-refractivity contribution in [3.63, 3.8) is 0 Å². The van der Waals surface area contributed by atoms with Crippen LogP contribution in [0.1, 0.15) is 15.9 Å². The number of hydrogen-bond acceptors (Lipinski definition) is 5. The minimum Gasteiger partial charge on any atom is -0.365 e. The Kier molecular flexibility index (Phi) is 5.12. The summed E-state index contributed by atoms with van der Waals surface area (Å²) in [4.78, 5) is 19.5. The Morgan fingerprint density at radius 2 is 1.71 bits per heavy atom. The van der Waals surface area contributed by atoms with Crippen LogP contribution in [0.4, 0.5) is 40.6 Å². The van der Waals surface area contributed by atoms with Crippen molar-refractivity contribution in [1.29, 1.82) is 0 Å². The summed E-state index contributed by atoms with van der Waals surface area (Å²) >= 11 is 0. The molecule has 4 N–H and O–H groups in total. The number of alkyl halides is 3. The Morgan fingerprint density at radius 3 is 2.36 bits per heavy atom. The summed E-state index contributed by atoms with van der Waals surface area (Å²) in [5.74, 6) is -2.31. The molecule has 0 spiro atoms. The smallest absolute Gasteiger partial charge is 0.365 e. The Labute approximate surface area is 156 Å². The van der Waals surface area contributed by atoms with Crippen molar-refractivity contribution < 1.29 is 22.4 Å². The van der Waals surface area contributed by atoms with Gasteiger partial charge >= 0.3 is 6.18 Å². The average Bonchev–Trinajstić information content (AvgIpc) is 2.64. The molecule has 0 saturated heterocycles. The summed E-state index contributed by atoms with van der Waals surface area (Å²) in [6.45, 7) is 0. The highest BCUT2D eigenvalue weighted by atomic mass is 19.4. The molecule has 0 unspecified atom stereocenters. The average molecular weight is 391 g/mol. The molecule has 0 aliphatic carbocycles. The van der Waals surface area contributed by atoms with Gasteiger partial charge in [0.05, 0.1) is 23.0 Å². The molecule has 0 fully saturated rings. The summed E-state index contributed by atoms with van der Waals surface area (Å²) in [5.41, 5.74) is 4.46. The second kappa shape index (κ2) is 7.51. The van der Waals surface area contributed by atoms with Crippen LogP contribution in [0.15, 0.2) is 54.9 Å². The third-order valence-electron chi connectivity index (χ3n) is 3.62. The highest BCUT2D eigenvalue weighted by Gasteiger charge is 2.30. The van der Waals surface area contributed by atoms with E-state index in [1.54, 1.807) is 12.1 Å². The van der Waals surface area contributed by atoms with Crippen LogP contribution in [-0.2, 0) is 6.18 Å². The monoisotopic (exact) mass is 391 g/mol. The van der Waals surface area contributed by atoms with Gasteiger partial charge in [-0.1, -0.05) is 6.07 Å². The summed E-state index contributed by atoms with van der Waals surface area (Å²) in [6.07, 6.45) is -1.61. The third kappa shape index (κ3) is 4.34. The number of rotatable bonds is 5. The van der Waals surface area contributed by atoms with Gasteiger partial charge in [0.25, 0.3) is 5.91 Å². The van der Waals surface area contributed by atoms with Crippen LogP contribution < -0.4 is 16.4 Å². The Morgan fingerprint density at radius 1 is 1.00 bits per heavy atom. The molecule has 0 radical (unpaired) electrons. The van der Waals surface area contributed by atoms with Gasteiger partial charge in [0.1, 0.15) is 5.82 Å². The van der Waals surface area contributed by atoms with E-state index in [2.05, 4.69) is 20.6 Å². The number of nitrogens with two attached hydrogens (primary N) is 1. The molecule has 1 amide bonds. The quantitative estimate of drug-likeness (QED) is 0.567. The van der Waals surface area contributed by atoms with E-state index >= 15 is 0 Å². The first-order valence-corrected chi connectivity index (χ1v) is 7.86. The van der Waals surface area contributed by atoms with E-state index in [1.165, 1.54) is 24.5 Å². The number of anilines is 4. The first-order chi connectivity index (χ1) is 13.2. The molecule has 10 heteroatoms. The van der Waals surface area contributed by atoms with Crippen molar-refractivity contribution >= 4 is 28.9 Å². The third-order valence-corrected chi connectivity index (χ3v) is 3.62. The van der Waals surface area contributed by atoms with Crippen LogP contribution in [0.5, 0.6) is 0 Å². The number of primary amides is 1. The van der Waals surface area contributed by atoms with Gasteiger partial charge in [0.15, 0.2) is 11.6 Å². The van der Waals surface area contributed by atoms with E-state index in [0.717, 1.165) is 18.2 Å². The van der Waals surface area contributed by atoms with Crippen LogP contribution in [0, 0.1) is 5.82 Å². The molecule has 0 aliphatic rings. The van der Waals surface area contributed by atoms with E-state index in [9.17, 15) is 22.4 Å². The van der Waals surface area contributed by atoms with E-state index in [0.29, 0.717) is 5.69 Å². The van der Waals surface area contributed by atoms with Crippen LogP contribution in [0.2, 0.25) is 0 Å². The number of carbonyl (C=O) groups excluding carboxylic acids is 1. The molecule has 2 heterocycles. The number of amides is 1. The van der Waals surface area contributed by atoms with E-state index in [4.69, 9.17) is 5.73 Å². The lowest BCUT2D eigenvalue weighted by atomic mass is 10.1. The first-order valence-electron chi connectivity index (χ1n) is 7.86. The van der Waals surface area contributed by atoms with Crippen LogP contribution in [0.25, 0.3) is 0 Å². The van der Waals surface area contributed by atoms with Gasteiger partial charge in [0.2, 0.25) is 0 Å². The molecule has 0 aliphatic heterocycles. The molecule has 3 aromatic rings. The summed E-state index contributed by atoms with van der Waals surface area (Å²) in [6, 6.07) is 8.34. The fourth-order valence-electron chi connectivity index (χ4n) is 2.34. The van der Waals surface area contributed by atoms with Crippen LogP contribution >= 0.6 is 0 Å². The number of nitrogens with zero attached hydrogens (tertiary/aromatic N) is 2. The van der Waals surface area contributed by atoms with Gasteiger partial charge in [-0.05, 0) is 36.4 Å². The SMILES string of the molecule is NC(=O)c1cc(F)c(Nc2cccnc2)nc1Nc1cccc(C(F)(F)F)c1. The lowest BCUT2D eigenvalue weighted by molar-refractivity contribution is -0.137. The Hall–Kier alpha value is -3.69. The standard InChI is InChI=1S/C18H13F4N5O/c19-14-8-13(15(23)28)16(27-17(14)26-12-5-2-6-24-9-12)25-11-4-1-3-10(7-11)18(20,21)22/h1-9H,(H2,23,28)(H2,25,26,27). The number of carbonyl (C=O) groups is 1. The van der Waals surface area contributed by atoms with Gasteiger partial charge in [-0.3, -0.25) is 9.78 Å². The van der Waals surface area contributed by atoms with Gasteiger partial charge in [-0.2, -0.15) is 13.2 Å². The zero-order valence-electron chi connectivity index (χ0n) is 14.1. The molecule has 6 nitrogen and oxygen atoms in total. The summed E-state index contributed by atoms with van der Waals surface area (Å²) in [7, 11) is 0. The molecular formula is C18H13F4N5O. The maximum absolute atomic E-state index is 14.3. The minimum absolute atomic E-state index is 0.00348. The van der Waals surface area contributed by atoms with Crippen molar-refractivity contribution in [2.24, 2.45) is 5.73 Å². The van der Waals surface area contributed by atoms with Crippen molar-refractivity contribution in [2.75, 3.05) is 10.6 Å². The number of hydrogen-bond donors (Lipinski definition) is 3. The van der Waals surface area contributed by atoms with E-state index < -0.39 is 23.5 Å². The second-order valence-corrected chi connectivity index (χ2v) is 5.65. The zero-order valence-corrected chi connectivity index (χ0v) is 14.1. The lowest BCUT2D eigenvalue weighted by Gasteiger charge is -2.14. The summed E-state index contributed by atoms with van der Waals surface area (Å²) in [5, 5.41) is 5.26. The molecule has 2 aromatic heterocycles. The molecule has 0 bridgehead atoms. The number of nitrogens with one attached hydrogen (secondary N) is 2. The highest BCUT2D eigenvalue weighted by molar-refractivity contribution is 5.98. The predicted molar refractivity (Wildman–Crippen MR) is 95.0 cm³/mol.